The Balaban J connectivity index is 1.25. The minimum atomic E-state index is -0.0790. The average Bonchev–Trinajstić information content (AvgIpc) is 2.73. The van der Waals surface area contributed by atoms with Crippen molar-refractivity contribution in [3.8, 4) is 0 Å². The Morgan fingerprint density at radius 1 is 1.07 bits per heavy atom. The zero-order valence-electron chi connectivity index (χ0n) is 17.0. The van der Waals surface area contributed by atoms with Gasteiger partial charge in [0.05, 0.1) is 5.52 Å². The van der Waals surface area contributed by atoms with Crippen LogP contribution in [0.5, 0.6) is 0 Å². The molecule has 5 nitrogen and oxygen atoms in total. The van der Waals surface area contributed by atoms with E-state index in [1.54, 1.807) is 6.20 Å². The highest BCUT2D eigenvalue weighted by atomic mass is 16.1. The third-order valence-electron chi connectivity index (χ3n) is 5.75. The fourth-order valence-electron chi connectivity index (χ4n) is 4.16. The number of fused-ring (bicyclic) bond motifs is 1. The van der Waals surface area contributed by atoms with E-state index in [-0.39, 0.29) is 5.91 Å². The van der Waals surface area contributed by atoms with Crippen molar-refractivity contribution < 1.29 is 4.79 Å². The van der Waals surface area contributed by atoms with E-state index in [4.69, 9.17) is 0 Å². The SMILES string of the molecule is CC(=O)Nc1cc(CCC2CCN(Cc3ccc4ncccc4c3)CC2)ccn1. The minimum absolute atomic E-state index is 0.0790. The topological polar surface area (TPSA) is 58.1 Å². The van der Waals surface area contributed by atoms with Crippen LogP contribution in [0.15, 0.2) is 54.9 Å². The van der Waals surface area contributed by atoms with Crippen LogP contribution < -0.4 is 5.32 Å². The van der Waals surface area contributed by atoms with Gasteiger partial charge in [0.1, 0.15) is 5.82 Å². The van der Waals surface area contributed by atoms with E-state index in [1.807, 2.05) is 18.3 Å². The van der Waals surface area contributed by atoms with E-state index < -0.39 is 0 Å². The zero-order valence-corrected chi connectivity index (χ0v) is 17.0. The van der Waals surface area contributed by atoms with Crippen molar-refractivity contribution >= 4 is 22.6 Å². The Morgan fingerprint density at radius 2 is 1.93 bits per heavy atom. The van der Waals surface area contributed by atoms with Crippen molar-refractivity contribution in [1.29, 1.82) is 0 Å². The van der Waals surface area contributed by atoms with Crippen LogP contribution in [0, 0.1) is 5.92 Å². The van der Waals surface area contributed by atoms with Crippen molar-refractivity contribution in [2.24, 2.45) is 5.92 Å². The molecular formula is C24H28N4O. The summed E-state index contributed by atoms with van der Waals surface area (Å²) in [4.78, 5) is 22.4. The summed E-state index contributed by atoms with van der Waals surface area (Å²) in [5.41, 5.74) is 3.68. The van der Waals surface area contributed by atoms with Crippen LogP contribution in [-0.2, 0) is 17.8 Å². The maximum Gasteiger partial charge on any atom is 0.222 e. The number of nitrogens with zero attached hydrogens (tertiary/aromatic N) is 3. The van der Waals surface area contributed by atoms with Crippen LogP contribution in [0.25, 0.3) is 10.9 Å². The number of carbonyl (C=O) groups is 1. The van der Waals surface area contributed by atoms with Crippen LogP contribution >= 0.6 is 0 Å². The van der Waals surface area contributed by atoms with E-state index in [1.165, 1.54) is 42.7 Å². The number of hydrogen-bond donors (Lipinski definition) is 1. The number of pyridine rings is 2. The summed E-state index contributed by atoms with van der Waals surface area (Å²) in [5, 5.41) is 3.98. The number of nitrogens with one attached hydrogen (secondary N) is 1. The molecule has 0 aliphatic carbocycles. The lowest BCUT2D eigenvalue weighted by atomic mass is 9.90. The summed E-state index contributed by atoms with van der Waals surface area (Å²) < 4.78 is 0. The Kier molecular flexibility index (Phi) is 6.15. The third-order valence-corrected chi connectivity index (χ3v) is 5.75. The van der Waals surface area contributed by atoms with E-state index in [0.29, 0.717) is 5.82 Å². The van der Waals surface area contributed by atoms with Gasteiger partial charge in [0, 0.05) is 31.2 Å². The molecule has 1 aromatic carbocycles. The number of amides is 1. The first-order valence-electron chi connectivity index (χ1n) is 10.4. The maximum atomic E-state index is 11.2. The highest BCUT2D eigenvalue weighted by Gasteiger charge is 2.19. The van der Waals surface area contributed by atoms with Crippen molar-refractivity contribution in [2.45, 2.75) is 39.2 Å². The molecule has 29 heavy (non-hydrogen) atoms. The Bertz CT molecular complexity index is 979. The number of hydrogen-bond acceptors (Lipinski definition) is 4. The number of anilines is 1. The summed E-state index contributed by atoms with van der Waals surface area (Å²) in [6, 6.07) is 14.8. The van der Waals surface area contributed by atoms with Crippen molar-refractivity contribution in [3.05, 3.63) is 66.0 Å². The van der Waals surface area contributed by atoms with Gasteiger partial charge in [0.15, 0.2) is 0 Å². The number of carbonyl (C=O) groups excluding carboxylic acids is 1. The molecule has 5 heteroatoms. The number of benzene rings is 1. The van der Waals surface area contributed by atoms with Gasteiger partial charge in [-0.15, -0.1) is 0 Å². The van der Waals surface area contributed by atoms with Gasteiger partial charge in [0.25, 0.3) is 0 Å². The average molecular weight is 389 g/mol. The predicted octanol–water partition coefficient (Wildman–Crippen LogP) is 4.43. The zero-order chi connectivity index (χ0) is 20.1. The van der Waals surface area contributed by atoms with Gasteiger partial charge in [-0.1, -0.05) is 12.1 Å². The molecule has 2 aromatic heterocycles. The number of aryl methyl sites for hydroxylation is 1. The number of rotatable bonds is 6. The maximum absolute atomic E-state index is 11.2. The van der Waals surface area contributed by atoms with Crippen LogP contribution in [-0.4, -0.2) is 33.9 Å². The Hall–Kier alpha value is -2.79. The van der Waals surface area contributed by atoms with Crippen LogP contribution in [0.4, 0.5) is 5.82 Å². The lowest BCUT2D eigenvalue weighted by Crippen LogP contribution is -2.33. The fourth-order valence-corrected chi connectivity index (χ4v) is 4.16. The molecular weight excluding hydrogens is 360 g/mol. The molecule has 4 rings (SSSR count). The van der Waals surface area contributed by atoms with E-state index in [0.717, 1.165) is 37.5 Å². The van der Waals surface area contributed by atoms with Crippen molar-refractivity contribution in [1.82, 2.24) is 14.9 Å². The molecule has 1 aliphatic rings. The van der Waals surface area contributed by atoms with Gasteiger partial charge in [-0.05, 0) is 86.1 Å². The van der Waals surface area contributed by atoms with Gasteiger partial charge in [-0.2, -0.15) is 0 Å². The van der Waals surface area contributed by atoms with Crippen LogP contribution in [0.1, 0.15) is 37.3 Å². The molecule has 0 unspecified atom stereocenters. The first kappa shape index (κ1) is 19.5. The van der Waals surface area contributed by atoms with E-state index >= 15 is 0 Å². The molecule has 1 fully saturated rings. The molecule has 3 aromatic rings. The van der Waals surface area contributed by atoms with Crippen molar-refractivity contribution in [3.63, 3.8) is 0 Å². The Labute approximate surface area is 172 Å². The Morgan fingerprint density at radius 3 is 2.76 bits per heavy atom. The molecule has 0 atom stereocenters. The van der Waals surface area contributed by atoms with Gasteiger partial charge >= 0.3 is 0 Å². The molecule has 1 N–H and O–H groups in total. The third kappa shape index (κ3) is 5.39. The number of aromatic nitrogens is 2. The first-order valence-corrected chi connectivity index (χ1v) is 10.4. The second-order valence-corrected chi connectivity index (χ2v) is 8.02. The summed E-state index contributed by atoms with van der Waals surface area (Å²) in [6.07, 6.45) is 8.36. The largest absolute Gasteiger partial charge is 0.311 e. The summed E-state index contributed by atoms with van der Waals surface area (Å²) in [7, 11) is 0. The molecule has 150 valence electrons. The standard InChI is InChI=1S/C24H28N4O/c1-18(29)27-24-16-20(8-12-26-24)5-4-19-9-13-28(14-10-19)17-21-6-7-23-22(15-21)3-2-11-25-23/h2-3,6-8,11-12,15-16,19H,4-5,9-10,13-14,17H2,1H3,(H,26,27,29). The number of likely N-dealkylation sites (tertiary alicyclic amines) is 1. The molecule has 0 saturated carbocycles. The van der Waals surface area contributed by atoms with Gasteiger partial charge in [-0.25, -0.2) is 4.98 Å². The monoisotopic (exact) mass is 388 g/mol. The molecule has 3 heterocycles. The summed E-state index contributed by atoms with van der Waals surface area (Å²) in [5.74, 6) is 1.34. The molecule has 0 spiro atoms. The summed E-state index contributed by atoms with van der Waals surface area (Å²) in [6.45, 7) is 4.84. The van der Waals surface area contributed by atoms with Crippen LogP contribution in [0.3, 0.4) is 0 Å². The second-order valence-electron chi connectivity index (χ2n) is 8.02. The van der Waals surface area contributed by atoms with E-state index in [2.05, 4.69) is 50.5 Å². The normalized spacial score (nSPS) is 15.5. The molecule has 0 radical (unpaired) electrons. The van der Waals surface area contributed by atoms with Crippen molar-refractivity contribution in [2.75, 3.05) is 18.4 Å². The molecule has 1 amide bonds. The molecule has 0 bridgehead atoms. The second kappa shape index (κ2) is 9.14. The van der Waals surface area contributed by atoms with Gasteiger partial charge in [-0.3, -0.25) is 14.7 Å². The van der Waals surface area contributed by atoms with Gasteiger partial charge < -0.3 is 5.32 Å². The van der Waals surface area contributed by atoms with E-state index in [9.17, 15) is 4.79 Å². The quantitative estimate of drug-likeness (QED) is 0.678. The highest BCUT2D eigenvalue weighted by molar-refractivity contribution is 5.87. The fraction of sp³-hybridized carbons (Fsp3) is 0.375. The van der Waals surface area contributed by atoms with Crippen LogP contribution in [0.2, 0.25) is 0 Å². The first-order chi connectivity index (χ1) is 14.2. The van der Waals surface area contributed by atoms with Gasteiger partial charge in [0.2, 0.25) is 5.91 Å². The number of piperidine rings is 1. The minimum Gasteiger partial charge on any atom is -0.311 e. The lowest BCUT2D eigenvalue weighted by Gasteiger charge is -2.32. The highest BCUT2D eigenvalue weighted by Crippen LogP contribution is 2.24. The molecule has 1 aliphatic heterocycles. The smallest absolute Gasteiger partial charge is 0.222 e. The predicted molar refractivity (Wildman–Crippen MR) is 117 cm³/mol. The summed E-state index contributed by atoms with van der Waals surface area (Å²) >= 11 is 0. The molecule has 1 saturated heterocycles. The lowest BCUT2D eigenvalue weighted by molar-refractivity contribution is -0.114.